The van der Waals surface area contributed by atoms with Crippen LogP contribution < -0.4 is 25.9 Å². The molecule has 0 aromatic carbocycles. The minimum absolute atomic E-state index is 0.268. The molecule has 0 heterocycles. The average Bonchev–Trinajstić information content (AvgIpc) is 2.45. The fourth-order valence-corrected chi connectivity index (χ4v) is 2.27. The molecule has 136 valence electrons. The molecule has 0 radical (unpaired) electrons. The highest BCUT2D eigenvalue weighted by molar-refractivity contribution is 7.43. The number of hydrogen-bond acceptors (Lipinski definition) is 9. The van der Waals surface area contributed by atoms with Crippen LogP contribution in [0.15, 0.2) is 0 Å². The first-order valence-corrected chi connectivity index (χ1v) is 8.42. The van der Waals surface area contributed by atoms with Gasteiger partial charge >= 0.3 is 0 Å². The van der Waals surface area contributed by atoms with Gasteiger partial charge in [-0.15, -0.1) is 0 Å². The molecule has 0 fully saturated rings. The zero-order valence-corrected chi connectivity index (χ0v) is 13.4. The van der Waals surface area contributed by atoms with E-state index in [9.17, 15) is 34.2 Å². The van der Waals surface area contributed by atoms with Crippen LogP contribution in [-0.2, 0) is 18.7 Å². The first-order valence-electron chi connectivity index (χ1n) is 6.96. The molecule has 12 heteroatoms. The number of quaternary nitrogens is 2. The molecule has 0 aromatic heterocycles. The van der Waals surface area contributed by atoms with Crippen LogP contribution in [0.1, 0.15) is 19.3 Å². The summed E-state index contributed by atoms with van der Waals surface area (Å²) in [4.78, 5) is 43.2. The summed E-state index contributed by atoms with van der Waals surface area (Å²) in [5, 5.41) is 30.0. The summed E-state index contributed by atoms with van der Waals surface area (Å²) in [5.41, 5.74) is 3.39. The Morgan fingerprint density at radius 2 is 1.91 bits per heavy atom. The van der Waals surface area contributed by atoms with Crippen LogP contribution in [0, 0.1) is 0 Å². The molecule has 0 aliphatic heterocycles. The molecule has 0 saturated heterocycles. The Labute approximate surface area is 132 Å². The minimum atomic E-state index is -5.49. The Balaban J connectivity index is 4.13. The predicted octanol–water partition coefficient (Wildman–Crippen LogP) is -6.78. The summed E-state index contributed by atoms with van der Waals surface area (Å²) in [5.74, 6) is -2.09. The van der Waals surface area contributed by atoms with E-state index in [1.807, 2.05) is 0 Å². The number of carbonyl (C=O) groups is 2. The van der Waals surface area contributed by atoms with Crippen molar-refractivity contribution in [1.82, 2.24) is 0 Å². The molecule has 0 bridgehead atoms. The second-order valence-corrected chi connectivity index (χ2v) is 6.09. The summed E-state index contributed by atoms with van der Waals surface area (Å²) in [7, 11) is -5.49. The first kappa shape index (κ1) is 22.1. The molecule has 0 aliphatic rings. The standard InChI is InChI=1S/C11H23N2O9P/c12-7(11(17)18)3-1-2-4-13-5-8(15)10(9(16)6-14)22-23(19,20)21/h7,9-10,13-14,16H,1-6,12H2,(H,17,18)(H2,19,20,21)/p-1/t7-,9+,10-/m0/s1. The summed E-state index contributed by atoms with van der Waals surface area (Å²) in [6.45, 7) is -0.777. The number of aliphatic hydroxyl groups excluding tert-OH is 2. The molecule has 0 aromatic rings. The number of carboxylic acids is 1. The zero-order chi connectivity index (χ0) is 18.0. The van der Waals surface area contributed by atoms with Gasteiger partial charge in [-0.05, 0) is 12.8 Å². The lowest BCUT2D eigenvalue weighted by atomic mass is 10.1. The van der Waals surface area contributed by atoms with Crippen molar-refractivity contribution in [2.45, 2.75) is 37.5 Å². The number of unbranched alkanes of at least 4 members (excludes halogenated alkanes) is 1. The van der Waals surface area contributed by atoms with Gasteiger partial charge in [0.05, 0.1) is 26.9 Å². The lowest BCUT2D eigenvalue weighted by Crippen LogP contribution is -2.86. The molecule has 0 unspecified atom stereocenters. The molecule has 0 saturated carbocycles. The molecular weight excluding hydrogens is 335 g/mol. The van der Waals surface area contributed by atoms with Gasteiger partial charge in [0.2, 0.25) is 5.78 Å². The van der Waals surface area contributed by atoms with E-state index in [-0.39, 0.29) is 6.54 Å². The van der Waals surface area contributed by atoms with Crippen molar-refractivity contribution < 1.29 is 54.8 Å². The van der Waals surface area contributed by atoms with Gasteiger partial charge in [-0.1, -0.05) is 0 Å². The maximum atomic E-state index is 11.7. The number of ketones is 1. The summed E-state index contributed by atoms with van der Waals surface area (Å²) in [6.07, 6.45) is -2.32. The van der Waals surface area contributed by atoms with Gasteiger partial charge in [-0.25, -0.2) is 0 Å². The fourth-order valence-electron chi connectivity index (χ4n) is 1.74. The van der Waals surface area contributed by atoms with Crippen LogP contribution in [0.4, 0.5) is 0 Å². The zero-order valence-electron chi connectivity index (χ0n) is 12.5. The monoisotopic (exact) mass is 357 g/mol. The highest BCUT2D eigenvalue weighted by atomic mass is 31.2. The van der Waals surface area contributed by atoms with E-state index in [1.165, 1.54) is 5.32 Å². The van der Waals surface area contributed by atoms with Gasteiger partial charge in [0.25, 0.3) is 0 Å². The van der Waals surface area contributed by atoms with Crippen molar-refractivity contribution >= 4 is 19.6 Å². The molecular formula is C11H22N2O9P-. The number of hydrogen-bond donors (Lipinski definition) is 4. The third-order valence-corrected chi connectivity index (χ3v) is 3.47. The quantitative estimate of drug-likeness (QED) is 0.182. The molecule has 23 heavy (non-hydrogen) atoms. The predicted molar refractivity (Wildman–Crippen MR) is 67.8 cm³/mol. The Morgan fingerprint density at radius 1 is 1.30 bits per heavy atom. The van der Waals surface area contributed by atoms with E-state index < -0.39 is 44.4 Å². The van der Waals surface area contributed by atoms with Gasteiger partial charge in [-0.2, -0.15) is 0 Å². The second kappa shape index (κ2) is 10.8. The van der Waals surface area contributed by atoms with Crippen molar-refractivity contribution in [3.8, 4) is 0 Å². The van der Waals surface area contributed by atoms with Gasteiger partial charge in [-0.3, -0.25) is 4.79 Å². The van der Waals surface area contributed by atoms with E-state index in [0.29, 0.717) is 25.8 Å². The number of phosphoric acid groups is 1. The van der Waals surface area contributed by atoms with Crippen molar-refractivity contribution in [1.29, 1.82) is 0 Å². The average molecular weight is 357 g/mol. The SMILES string of the molecule is [NH3+][C@@H](CCCC[NH2+]CC(=O)[C@H](OP(=O)([O-])[O-])[C@H](O)CO)C(=O)[O-]. The Bertz CT molecular complexity index is 428. The number of Topliss-reactive ketones (excluding diaryl/α,β-unsaturated/α-hetero) is 1. The maximum absolute atomic E-state index is 11.7. The third kappa shape index (κ3) is 10.5. The molecule has 7 N–H and O–H groups in total. The van der Waals surface area contributed by atoms with E-state index in [4.69, 9.17) is 5.11 Å². The van der Waals surface area contributed by atoms with Crippen molar-refractivity contribution in [3.63, 3.8) is 0 Å². The second-order valence-electron chi connectivity index (χ2n) is 4.98. The molecule has 0 rings (SSSR count). The van der Waals surface area contributed by atoms with Crippen LogP contribution >= 0.6 is 7.82 Å². The largest absolute Gasteiger partial charge is 0.790 e. The number of aliphatic carboxylic acids is 1. The third-order valence-electron chi connectivity index (χ3n) is 2.99. The fraction of sp³-hybridized carbons (Fsp3) is 0.818. The molecule has 0 aliphatic carbocycles. The van der Waals surface area contributed by atoms with E-state index >= 15 is 0 Å². The first-order chi connectivity index (χ1) is 10.6. The normalized spacial score (nSPS) is 15.9. The number of carboxylic acid groups (broad SMARTS) is 1. The van der Waals surface area contributed by atoms with E-state index in [0.717, 1.165) is 0 Å². The number of rotatable bonds is 13. The van der Waals surface area contributed by atoms with Crippen LogP contribution in [0.25, 0.3) is 0 Å². The number of nitrogens with two attached hydrogens (primary N) is 1. The molecule has 3 atom stereocenters. The topological polar surface area (TPSA) is 214 Å². The number of phosphoric ester groups is 1. The van der Waals surface area contributed by atoms with Crippen LogP contribution in [0.3, 0.4) is 0 Å². The number of carbonyl (C=O) groups excluding carboxylic acids is 2. The maximum Gasteiger partial charge on any atom is 0.218 e. The van der Waals surface area contributed by atoms with E-state index in [2.05, 4.69) is 10.3 Å². The van der Waals surface area contributed by atoms with Crippen molar-refractivity contribution in [2.24, 2.45) is 0 Å². The van der Waals surface area contributed by atoms with E-state index in [1.54, 1.807) is 0 Å². The highest BCUT2D eigenvalue weighted by Crippen LogP contribution is 2.28. The van der Waals surface area contributed by atoms with Gasteiger partial charge in [0.1, 0.15) is 18.7 Å². The summed E-state index contributed by atoms with van der Waals surface area (Å²) >= 11 is 0. The smallest absolute Gasteiger partial charge is 0.218 e. The Hall–Kier alpha value is -0.910. The van der Waals surface area contributed by atoms with Crippen molar-refractivity contribution in [3.05, 3.63) is 0 Å². The van der Waals surface area contributed by atoms with Gasteiger partial charge in [0.15, 0.2) is 6.10 Å². The summed E-state index contributed by atoms with van der Waals surface area (Å²) < 4.78 is 14.5. The Kier molecular flexibility index (Phi) is 10.4. The van der Waals surface area contributed by atoms with Gasteiger partial charge in [0, 0.05) is 6.42 Å². The van der Waals surface area contributed by atoms with Gasteiger partial charge < -0.3 is 50.0 Å². The minimum Gasteiger partial charge on any atom is -0.790 e. The van der Waals surface area contributed by atoms with Crippen molar-refractivity contribution in [2.75, 3.05) is 19.7 Å². The lowest BCUT2D eigenvalue weighted by molar-refractivity contribution is -0.644. The molecule has 0 spiro atoms. The molecule has 11 nitrogen and oxygen atoms in total. The molecule has 0 amide bonds. The number of aliphatic hydroxyl groups is 2. The highest BCUT2D eigenvalue weighted by Gasteiger charge is 2.29. The van der Waals surface area contributed by atoms with Crippen LogP contribution in [0.2, 0.25) is 0 Å². The van der Waals surface area contributed by atoms with Crippen LogP contribution in [0.5, 0.6) is 0 Å². The summed E-state index contributed by atoms with van der Waals surface area (Å²) in [6, 6.07) is -0.808. The van der Waals surface area contributed by atoms with Crippen LogP contribution in [-0.4, -0.2) is 59.9 Å². The lowest BCUT2D eigenvalue weighted by Gasteiger charge is -2.33. The Morgan fingerprint density at radius 3 is 2.39 bits per heavy atom.